The molecule has 1 amide bonds. The molecule has 2 aromatic carbocycles. The zero-order valence-corrected chi connectivity index (χ0v) is 19.9. The summed E-state index contributed by atoms with van der Waals surface area (Å²) in [6.07, 6.45) is 2.60. The Balaban J connectivity index is 1.45. The summed E-state index contributed by atoms with van der Waals surface area (Å²) < 4.78 is 33.8. The summed E-state index contributed by atoms with van der Waals surface area (Å²) in [5.41, 5.74) is 0.775. The van der Waals surface area contributed by atoms with Crippen LogP contribution in [-0.4, -0.2) is 57.0 Å². The maximum absolute atomic E-state index is 13.1. The molecule has 0 saturated carbocycles. The van der Waals surface area contributed by atoms with Gasteiger partial charge in [0.1, 0.15) is 5.75 Å². The lowest BCUT2D eigenvalue weighted by Gasteiger charge is -2.22. The summed E-state index contributed by atoms with van der Waals surface area (Å²) >= 11 is 1.58. The minimum atomic E-state index is -3.85. The van der Waals surface area contributed by atoms with Crippen LogP contribution in [-0.2, 0) is 10.0 Å². The average Bonchev–Trinajstić information content (AvgIpc) is 3.25. The number of hydrogen-bond donors (Lipinski definition) is 1. The van der Waals surface area contributed by atoms with Crippen molar-refractivity contribution >= 4 is 38.1 Å². The minimum absolute atomic E-state index is 0.0430. The van der Waals surface area contributed by atoms with Crippen LogP contribution in [0.3, 0.4) is 0 Å². The largest absolute Gasteiger partial charge is 0.494 e. The molecule has 33 heavy (non-hydrogen) atoms. The van der Waals surface area contributed by atoms with Crippen LogP contribution in [0.25, 0.3) is 0 Å². The Kier molecular flexibility index (Phi) is 7.14. The number of thiazole rings is 1. The van der Waals surface area contributed by atoms with Gasteiger partial charge in [0, 0.05) is 49.0 Å². The van der Waals surface area contributed by atoms with Gasteiger partial charge in [-0.25, -0.2) is 13.4 Å². The molecule has 0 unspecified atom stereocenters. The van der Waals surface area contributed by atoms with Crippen molar-refractivity contribution in [1.82, 2.24) is 9.88 Å². The van der Waals surface area contributed by atoms with Crippen molar-refractivity contribution < 1.29 is 17.9 Å². The van der Waals surface area contributed by atoms with Crippen LogP contribution >= 0.6 is 11.3 Å². The summed E-state index contributed by atoms with van der Waals surface area (Å²) in [6.45, 7) is 5.11. The van der Waals surface area contributed by atoms with Gasteiger partial charge in [-0.1, -0.05) is 6.07 Å². The van der Waals surface area contributed by atoms with E-state index in [-0.39, 0.29) is 10.8 Å². The number of benzene rings is 2. The van der Waals surface area contributed by atoms with Gasteiger partial charge in [0.2, 0.25) is 0 Å². The minimum Gasteiger partial charge on any atom is -0.494 e. The fraction of sp³-hybridized carbons (Fsp3) is 0.304. The molecule has 10 heteroatoms. The summed E-state index contributed by atoms with van der Waals surface area (Å²) in [4.78, 5) is 21.5. The maximum Gasteiger partial charge on any atom is 0.261 e. The van der Waals surface area contributed by atoms with Crippen molar-refractivity contribution in [3.8, 4) is 5.75 Å². The highest BCUT2D eigenvalue weighted by molar-refractivity contribution is 7.92. The number of rotatable bonds is 7. The quantitative estimate of drug-likeness (QED) is 0.548. The van der Waals surface area contributed by atoms with Crippen molar-refractivity contribution in [2.45, 2.75) is 18.2 Å². The number of carbonyl (C=O) groups excluding carboxylic acids is 1. The Bertz CT molecular complexity index is 1180. The molecule has 8 nitrogen and oxygen atoms in total. The van der Waals surface area contributed by atoms with E-state index in [1.807, 2.05) is 12.3 Å². The predicted octanol–water partition coefficient (Wildman–Crippen LogP) is 3.70. The van der Waals surface area contributed by atoms with E-state index in [0.717, 1.165) is 18.1 Å². The number of nitrogens with zero attached hydrogens (tertiary/aromatic N) is 3. The van der Waals surface area contributed by atoms with E-state index < -0.39 is 10.0 Å². The smallest absolute Gasteiger partial charge is 0.261 e. The molecule has 3 aromatic rings. The van der Waals surface area contributed by atoms with Gasteiger partial charge in [-0.05, 0) is 55.8 Å². The lowest BCUT2D eigenvalue weighted by Crippen LogP contribution is -2.35. The van der Waals surface area contributed by atoms with Crippen molar-refractivity contribution in [1.29, 1.82) is 0 Å². The second-order valence-electron chi connectivity index (χ2n) is 7.54. The zero-order chi connectivity index (χ0) is 23.3. The van der Waals surface area contributed by atoms with Crippen molar-refractivity contribution in [2.75, 3.05) is 42.4 Å². The number of carbonyl (C=O) groups is 1. The van der Waals surface area contributed by atoms with Gasteiger partial charge in [-0.15, -0.1) is 11.3 Å². The molecular weight excluding hydrogens is 460 g/mol. The first-order valence-corrected chi connectivity index (χ1v) is 13.1. The molecule has 0 spiro atoms. The number of sulfonamides is 1. The highest BCUT2D eigenvalue weighted by atomic mass is 32.2. The molecule has 1 aliphatic rings. The van der Waals surface area contributed by atoms with Gasteiger partial charge in [-0.2, -0.15) is 0 Å². The molecule has 0 bridgehead atoms. The van der Waals surface area contributed by atoms with Crippen LogP contribution in [0.1, 0.15) is 23.7 Å². The van der Waals surface area contributed by atoms with E-state index in [4.69, 9.17) is 4.74 Å². The highest BCUT2D eigenvalue weighted by Gasteiger charge is 2.23. The molecule has 1 N–H and O–H groups in total. The number of anilines is 2. The third-order valence-electron chi connectivity index (χ3n) is 5.28. The number of nitrogens with one attached hydrogen (secondary N) is 1. The first-order chi connectivity index (χ1) is 16.0. The van der Waals surface area contributed by atoms with Gasteiger partial charge in [0.05, 0.1) is 11.5 Å². The molecule has 2 heterocycles. The summed E-state index contributed by atoms with van der Waals surface area (Å²) in [7, 11) is -3.85. The Morgan fingerprint density at radius 1 is 1.12 bits per heavy atom. The van der Waals surface area contributed by atoms with Crippen LogP contribution in [0.15, 0.2) is 65.0 Å². The van der Waals surface area contributed by atoms with Crippen LogP contribution in [0.4, 0.5) is 10.8 Å². The van der Waals surface area contributed by atoms with Gasteiger partial charge in [-0.3, -0.25) is 9.52 Å². The van der Waals surface area contributed by atoms with Crippen LogP contribution in [0, 0.1) is 0 Å². The summed E-state index contributed by atoms with van der Waals surface area (Å²) in [6, 6.07) is 12.9. The van der Waals surface area contributed by atoms with Crippen LogP contribution < -0.4 is 14.4 Å². The van der Waals surface area contributed by atoms with Crippen LogP contribution in [0.5, 0.6) is 5.75 Å². The van der Waals surface area contributed by atoms with E-state index in [0.29, 0.717) is 43.2 Å². The second-order valence-corrected chi connectivity index (χ2v) is 10.1. The average molecular weight is 487 g/mol. The highest BCUT2D eigenvalue weighted by Crippen LogP contribution is 2.22. The lowest BCUT2D eigenvalue weighted by molar-refractivity contribution is 0.0766. The first-order valence-electron chi connectivity index (χ1n) is 10.8. The molecule has 4 rings (SSSR count). The second kappa shape index (κ2) is 10.2. The topological polar surface area (TPSA) is 91.8 Å². The third-order valence-corrected chi connectivity index (χ3v) is 7.49. The van der Waals surface area contributed by atoms with Gasteiger partial charge < -0.3 is 14.5 Å². The zero-order valence-electron chi connectivity index (χ0n) is 18.3. The summed E-state index contributed by atoms with van der Waals surface area (Å²) in [5, 5.41) is 2.90. The molecule has 1 saturated heterocycles. The van der Waals surface area contributed by atoms with Crippen molar-refractivity contribution in [2.24, 2.45) is 0 Å². The van der Waals surface area contributed by atoms with Crippen molar-refractivity contribution in [3.05, 3.63) is 65.7 Å². The fourth-order valence-corrected chi connectivity index (χ4v) is 5.46. The van der Waals surface area contributed by atoms with E-state index >= 15 is 0 Å². The van der Waals surface area contributed by atoms with Gasteiger partial charge >= 0.3 is 0 Å². The Hall–Kier alpha value is -3.11. The Morgan fingerprint density at radius 2 is 1.94 bits per heavy atom. The fourth-order valence-electron chi connectivity index (χ4n) is 3.66. The van der Waals surface area contributed by atoms with Crippen molar-refractivity contribution in [3.63, 3.8) is 0 Å². The molecule has 1 fully saturated rings. The molecular formula is C23H26N4O4S2. The molecule has 174 valence electrons. The number of ether oxygens (including phenoxy) is 1. The Labute approximate surface area is 197 Å². The van der Waals surface area contributed by atoms with E-state index in [1.165, 1.54) is 12.1 Å². The monoisotopic (exact) mass is 486 g/mol. The van der Waals surface area contributed by atoms with Gasteiger partial charge in [0.15, 0.2) is 5.13 Å². The van der Waals surface area contributed by atoms with Gasteiger partial charge in [0.25, 0.3) is 15.9 Å². The molecule has 1 aromatic heterocycles. The first kappa shape index (κ1) is 23.1. The third kappa shape index (κ3) is 5.63. The van der Waals surface area contributed by atoms with E-state index in [9.17, 15) is 13.2 Å². The summed E-state index contributed by atoms with van der Waals surface area (Å²) in [5.74, 6) is 0.494. The van der Waals surface area contributed by atoms with E-state index in [1.54, 1.807) is 58.8 Å². The molecule has 1 aliphatic heterocycles. The molecule has 0 radical (unpaired) electrons. The van der Waals surface area contributed by atoms with Crippen LogP contribution in [0.2, 0.25) is 0 Å². The maximum atomic E-state index is 13.1. The Morgan fingerprint density at radius 3 is 2.67 bits per heavy atom. The normalized spacial score (nSPS) is 14.6. The lowest BCUT2D eigenvalue weighted by atomic mass is 10.2. The number of hydrogen-bond acceptors (Lipinski definition) is 7. The molecule has 0 aliphatic carbocycles. The van der Waals surface area contributed by atoms with E-state index in [2.05, 4.69) is 14.6 Å². The molecule has 0 atom stereocenters. The standard InChI is InChI=1S/C23H26N4O4S2/c1-2-31-20-9-7-19(8-10-20)25-33(29,30)21-6-3-5-18(17-21)22(28)26-12-4-13-27(15-14-26)23-24-11-16-32-23/h3,5-11,16-17,25H,2,4,12-15H2,1H3. The predicted molar refractivity (Wildman–Crippen MR) is 130 cm³/mol. The number of amides is 1. The number of aromatic nitrogens is 1. The SMILES string of the molecule is CCOc1ccc(NS(=O)(=O)c2cccc(C(=O)N3CCCN(c4nccs4)CC3)c2)cc1.